The first-order chi connectivity index (χ1) is 10.5. The number of hydrogen-bond acceptors (Lipinski definition) is 4. The minimum absolute atomic E-state index is 0.0670. The van der Waals surface area contributed by atoms with Crippen LogP contribution in [-0.4, -0.2) is 41.7 Å². The van der Waals surface area contributed by atoms with Crippen LogP contribution in [0.25, 0.3) is 0 Å². The zero-order valence-electron chi connectivity index (χ0n) is 14.2. The molecule has 1 heterocycles. The Morgan fingerprint density at radius 2 is 1.82 bits per heavy atom. The van der Waals surface area contributed by atoms with Gasteiger partial charge in [-0.1, -0.05) is 0 Å². The van der Waals surface area contributed by atoms with Gasteiger partial charge in [0.15, 0.2) is 5.84 Å². The third kappa shape index (κ3) is 3.30. The first kappa shape index (κ1) is 16.5. The van der Waals surface area contributed by atoms with Crippen LogP contribution in [0.3, 0.4) is 0 Å². The lowest BCUT2D eigenvalue weighted by Gasteiger charge is -2.21. The molecule has 0 radical (unpaired) electrons. The van der Waals surface area contributed by atoms with Gasteiger partial charge < -0.3 is 4.90 Å². The van der Waals surface area contributed by atoms with E-state index < -0.39 is 0 Å². The summed E-state index contributed by atoms with van der Waals surface area (Å²) in [6.07, 6.45) is 0. The molecule has 2 N–H and O–H groups in total. The van der Waals surface area contributed by atoms with Gasteiger partial charge in [-0.05, 0) is 58.9 Å². The monoisotopic (exact) mass is 301 g/mol. The molecule has 120 valence electrons. The molecule has 1 aromatic rings. The summed E-state index contributed by atoms with van der Waals surface area (Å²) in [6.45, 7) is 12.5. The molecule has 2 rings (SSSR count). The fourth-order valence-corrected chi connectivity index (χ4v) is 2.69. The van der Waals surface area contributed by atoms with Crippen LogP contribution in [0.5, 0.6) is 0 Å². The largest absolute Gasteiger partial charge is 0.372 e. The number of anilines is 1. The van der Waals surface area contributed by atoms with Crippen molar-refractivity contribution in [2.24, 2.45) is 4.99 Å². The third-order valence-corrected chi connectivity index (χ3v) is 3.97. The predicted molar refractivity (Wildman–Crippen MR) is 94.4 cm³/mol. The Kier molecular flexibility index (Phi) is 5.19. The standard InChI is InChI=1S/C17H27N5/c1-6-21(7-2)15-10-8-14(9-11-15)19-16-13(5)20-22(12(3)4)17(16)18/h8-13,18,20H,6-7H2,1-5H3. The summed E-state index contributed by atoms with van der Waals surface area (Å²) in [5, 5.41) is 10.1. The van der Waals surface area contributed by atoms with Crippen molar-refractivity contribution in [3.8, 4) is 0 Å². The van der Waals surface area contributed by atoms with Gasteiger partial charge in [0.2, 0.25) is 0 Å². The molecule has 22 heavy (non-hydrogen) atoms. The highest BCUT2D eigenvalue weighted by Gasteiger charge is 2.31. The summed E-state index contributed by atoms with van der Waals surface area (Å²) in [7, 11) is 0. The van der Waals surface area contributed by atoms with Crippen LogP contribution in [0.15, 0.2) is 29.3 Å². The van der Waals surface area contributed by atoms with Crippen molar-refractivity contribution in [2.75, 3.05) is 18.0 Å². The van der Waals surface area contributed by atoms with Crippen LogP contribution in [0.2, 0.25) is 0 Å². The Labute approximate surface area is 133 Å². The van der Waals surface area contributed by atoms with Gasteiger partial charge in [0.1, 0.15) is 5.71 Å². The molecular weight excluding hydrogens is 274 g/mol. The normalized spacial score (nSPS) is 20.3. The van der Waals surface area contributed by atoms with E-state index in [1.54, 1.807) is 0 Å². The molecule has 1 aromatic carbocycles. The minimum atomic E-state index is 0.0670. The van der Waals surface area contributed by atoms with E-state index >= 15 is 0 Å². The second-order valence-corrected chi connectivity index (χ2v) is 5.85. The van der Waals surface area contributed by atoms with Gasteiger partial charge in [-0.2, -0.15) is 0 Å². The summed E-state index contributed by atoms with van der Waals surface area (Å²) in [5.74, 6) is 0.468. The van der Waals surface area contributed by atoms with E-state index in [4.69, 9.17) is 5.41 Å². The van der Waals surface area contributed by atoms with Crippen molar-refractivity contribution >= 4 is 22.9 Å². The Morgan fingerprint density at radius 3 is 2.27 bits per heavy atom. The van der Waals surface area contributed by atoms with Crippen molar-refractivity contribution in [1.82, 2.24) is 10.4 Å². The van der Waals surface area contributed by atoms with Gasteiger partial charge in [-0.25, -0.2) is 10.4 Å². The molecule has 1 unspecified atom stereocenters. The zero-order chi connectivity index (χ0) is 16.3. The van der Waals surface area contributed by atoms with Gasteiger partial charge in [-0.3, -0.25) is 10.4 Å². The van der Waals surface area contributed by atoms with Crippen molar-refractivity contribution in [3.05, 3.63) is 24.3 Å². The fourth-order valence-electron chi connectivity index (χ4n) is 2.69. The maximum absolute atomic E-state index is 8.27. The third-order valence-electron chi connectivity index (χ3n) is 3.97. The van der Waals surface area contributed by atoms with Gasteiger partial charge >= 0.3 is 0 Å². The van der Waals surface area contributed by atoms with E-state index in [-0.39, 0.29) is 12.1 Å². The number of benzene rings is 1. The molecule has 1 saturated heterocycles. The van der Waals surface area contributed by atoms with Crippen molar-refractivity contribution in [3.63, 3.8) is 0 Å². The first-order valence-electron chi connectivity index (χ1n) is 8.05. The lowest BCUT2D eigenvalue weighted by molar-refractivity contribution is 0.266. The van der Waals surface area contributed by atoms with Gasteiger partial charge in [0.25, 0.3) is 0 Å². The van der Waals surface area contributed by atoms with Crippen LogP contribution in [0.4, 0.5) is 11.4 Å². The van der Waals surface area contributed by atoms with Crippen molar-refractivity contribution in [1.29, 1.82) is 5.41 Å². The Balaban J connectivity index is 2.21. The second-order valence-electron chi connectivity index (χ2n) is 5.85. The first-order valence-corrected chi connectivity index (χ1v) is 8.05. The Bertz CT molecular complexity index is 543. The number of hydrogen-bond donors (Lipinski definition) is 2. The maximum Gasteiger partial charge on any atom is 0.159 e. The molecule has 0 bridgehead atoms. The maximum atomic E-state index is 8.27. The number of hydrazine groups is 1. The molecule has 0 saturated carbocycles. The van der Waals surface area contributed by atoms with Crippen LogP contribution in [0, 0.1) is 5.41 Å². The summed E-state index contributed by atoms with van der Waals surface area (Å²) in [6, 6.07) is 8.56. The molecule has 5 nitrogen and oxygen atoms in total. The van der Waals surface area contributed by atoms with Crippen molar-refractivity contribution < 1.29 is 0 Å². The number of nitrogens with zero attached hydrogens (tertiary/aromatic N) is 3. The molecule has 1 atom stereocenters. The summed E-state index contributed by atoms with van der Waals surface area (Å²) in [4.78, 5) is 6.98. The van der Waals surface area contributed by atoms with Crippen molar-refractivity contribution in [2.45, 2.75) is 46.7 Å². The molecular formula is C17H27N5. The quantitative estimate of drug-likeness (QED) is 0.878. The number of amidine groups is 1. The van der Waals surface area contributed by atoms with Crippen LogP contribution in [-0.2, 0) is 0 Å². The van der Waals surface area contributed by atoms with E-state index in [2.05, 4.69) is 55.1 Å². The number of nitrogens with one attached hydrogen (secondary N) is 2. The van der Waals surface area contributed by atoms with Crippen LogP contribution >= 0.6 is 0 Å². The average molecular weight is 301 g/mol. The lowest BCUT2D eigenvalue weighted by Crippen LogP contribution is -2.41. The van der Waals surface area contributed by atoms with Gasteiger partial charge in [0.05, 0.1) is 11.7 Å². The molecule has 0 aromatic heterocycles. The van der Waals surface area contributed by atoms with E-state index in [0.29, 0.717) is 5.84 Å². The van der Waals surface area contributed by atoms with E-state index in [0.717, 1.165) is 24.5 Å². The van der Waals surface area contributed by atoms with E-state index in [1.807, 2.05) is 24.1 Å². The summed E-state index contributed by atoms with van der Waals surface area (Å²) < 4.78 is 0. The fraction of sp³-hybridized carbons (Fsp3) is 0.529. The topological polar surface area (TPSA) is 54.7 Å². The summed E-state index contributed by atoms with van der Waals surface area (Å²) >= 11 is 0. The molecule has 0 spiro atoms. The minimum Gasteiger partial charge on any atom is -0.372 e. The van der Waals surface area contributed by atoms with Crippen LogP contribution in [0.1, 0.15) is 34.6 Å². The smallest absolute Gasteiger partial charge is 0.159 e. The molecule has 5 heteroatoms. The molecule has 0 aliphatic carbocycles. The van der Waals surface area contributed by atoms with E-state index in [9.17, 15) is 0 Å². The number of rotatable bonds is 5. The molecule has 1 aliphatic heterocycles. The highest BCUT2D eigenvalue weighted by atomic mass is 15.6. The van der Waals surface area contributed by atoms with Crippen LogP contribution < -0.4 is 10.3 Å². The van der Waals surface area contributed by atoms with E-state index in [1.165, 1.54) is 5.69 Å². The Morgan fingerprint density at radius 1 is 1.23 bits per heavy atom. The molecule has 1 fully saturated rings. The Hall–Kier alpha value is -1.88. The molecule has 0 amide bonds. The number of aliphatic imine (C=N–C) groups is 1. The zero-order valence-corrected chi connectivity index (χ0v) is 14.2. The molecule has 1 aliphatic rings. The van der Waals surface area contributed by atoms with Gasteiger partial charge in [0, 0.05) is 24.8 Å². The highest BCUT2D eigenvalue weighted by molar-refractivity contribution is 6.43. The second kappa shape index (κ2) is 6.92. The lowest BCUT2D eigenvalue weighted by atomic mass is 10.2. The average Bonchev–Trinajstić information content (AvgIpc) is 2.78. The van der Waals surface area contributed by atoms with Gasteiger partial charge in [-0.15, -0.1) is 0 Å². The summed E-state index contributed by atoms with van der Waals surface area (Å²) in [5.41, 5.74) is 6.20. The SMILES string of the molecule is CCN(CC)c1ccc(N=C2C(=N)N(C(C)C)NC2C)cc1. The highest BCUT2D eigenvalue weighted by Crippen LogP contribution is 2.21. The predicted octanol–water partition coefficient (Wildman–Crippen LogP) is 3.20.